The van der Waals surface area contributed by atoms with Gasteiger partial charge in [0.2, 0.25) is 0 Å². The quantitative estimate of drug-likeness (QED) is 0.420. The van der Waals surface area contributed by atoms with E-state index in [2.05, 4.69) is 19.4 Å². The van der Waals surface area contributed by atoms with Crippen LogP contribution in [0, 0.1) is 0 Å². The third-order valence-electron chi connectivity index (χ3n) is 0. The Balaban J connectivity index is 2.80. The van der Waals surface area contributed by atoms with Crippen molar-refractivity contribution in [2.75, 3.05) is 0 Å². The summed E-state index contributed by atoms with van der Waals surface area (Å²) >= 11 is -2.40. The first kappa shape index (κ1) is 5.32. The zero-order chi connectivity index (χ0) is 3.58. The molecule has 26 valence electrons. The van der Waals surface area contributed by atoms with Crippen molar-refractivity contribution in [2.45, 2.75) is 0 Å². The molecule has 0 N–H and O–H groups in total. The fraction of sp³-hybridized carbons (Fsp3) is 0. The number of thiol groups is 2. The fourth-order valence-electron chi connectivity index (χ4n) is 0. The van der Waals surface area contributed by atoms with Crippen molar-refractivity contribution >= 4 is 36.8 Å². The van der Waals surface area contributed by atoms with Gasteiger partial charge in [0.25, 0.3) is 0 Å². The van der Waals surface area contributed by atoms with Crippen LogP contribution in [-0.4, -0.2) is 17.4 Å². The molecule has 4 heavy (non-hydrogen) atoms. The van der Waals surface area contributed by atoms with Crippen LogP contribution >= 0.6 is 19.4 Å². The third-order valence-corrected chi connectivity index (χ3v) is 0. The maximum atomic E-state index is 9.45. The molecule has 0 saturated heterocycles. The van der Waals surface area contributed by atoms with Gasteiger partial charge >= 0.3 is 39.8 Å². The molecule has 0 heterocycles. The van der Waals surface area contributed by atoms with Crippen molar-refractivity contribution in [3.05, 3.63) is 0 Å². The maximum absolute atomic E-state index is 9.45. The van der Waals surface area contributed by atoms with Crippen molar-refractivity contribution in [3.63, 3.8) is 0 Å². The summed E-state index contributed by atoms with van der Waals surface area (Å²) in [4.78, 5) is 0. The molecule has 0 saturated carbocycles. The van der Waals surface area contributed by atoms with Gasteiger partial charge in [-0.2, -0.15) is 0 Å². The van der Waals surface area contributed by atoms with Crippen LogP contribution in [0.25, 0.3) is 0 Å². The average molecular weight is 205 g/mol. The Morgan fingerprint density at radius 3 is 1.50 bits per heavy atom. The van der Waals surface area contributed by atoms with Gasteiger partial charge in [0.15, 0.2) is 0 Å². The molecule has 0 fully saturated rings. The minimum atomic E-state index is -2.40. The summed E-state index contributed by atoms with van der Waals surface area (Å²) in [5.74, 6) is 0. The van der Waals surface area contributed by atoms with Crippen LogP contribution in [0.15, 0.2) is 0 Å². The van der Waals surface area contributed by atoms with Crippen LogP contribution < -0.4 is 0 Å². The second-order valence-electron chi connectivity index (χ2n) is 0.283. The molecule has 0 rings (SSSR count). The molecule has 0 aromatic rings. The molecule has 0 bridgehead atoms. The topological polar surface area (TPSA) is 17.1 Å². The molecule has 4 heteroatoms. The standard InChI is InChI=1S/O.2H2S.Sb.H/h;2*1H2;;/q;;;+2;/p-2. The molecule has 0 amide bonds. The summed E-state index contributed by atoms with van der Waals surface area (Å²) in [7, 11) is 6.94. The van der Waals surface area contributed by atoms with Gasteiger partial charge in [-0.1, -0.05) is 0 Å². The summed E-state index contributed by atoms with van der Waals surface area (Å²) in [5.41, 5.74) is 0. The van der Waals surface area contributed by atoms with Crippen LogP contribution in [0.1, 0.15) is 0 Å². The average Bonchev–Trinajstić information content (AvgIpc) is 0.811. The SMILES string of the molecule is [O]=[SbH]([SH])[SH]. The van der Waals surface area contributed by atoms with Gasteiger partial charge in [0.05, 0.1) is 0 Å². The number of rotatable bonds is 0. The van der Waals surface area contributed by atoms with Gasteiger partial charge in [-0.15, -0.1) is 0 Å². The van der Waals surface area contributed by atoms with Crippen LogP contribution in [0.4, 0.5) is 0 Å². The monoisotopic (exact) mass is 204 g/mol. The Hall–Kier alpha value is 1.32. The van der Waals surface area contributed by atoms with Crippen molar-refractivity contribution in [3.8, 4) is 0 Å². The summed E-state index contributed by atoms with van der Waals surface area (Å²) in [6, 6.07) is 0. The third kappa shape index (κ3) is 10.3. The Bertz CT molecular complexity index is 29.0. The van der Waals surface area contributed by atoms with E-state index in [0.717, 1.165) is 0 Å². The molecule has 1 nitrogen and oxygen atoms in total. The second-order valence-corrected chi connectivity index (χ2v) is 9.71. The second kappa shape index (κ2) is 2.55. The van der Waals surface area contributed by atoms with Gasteiger partial charge in [0, 0.05) is 0 Å². The predicted octanol–water partition coefficient (Wildman–Crippen LogP) is -0.00630. The zero-order valence-corrected chi connectivity index (χ0v) is 6.45. The van der Waals surface area contributed by atoms with E-state index < -0.39 is 17.4 Å². The summed E-state index contributed by atoms with van der Waals surface area (Å²) in [6.07, 6.45) is 0. The number of hydrogen-bond donors (Lipinski definition) is 2. The molecule has 0 aliphatic heterocycles. The van der Waals surface area contributed by atoms with Gasteiger partial charge in [-0.3, -0.25) is 0 Å². The van der Waals surface area contributed by atoms with Crippen LogP contribution in [0.3, 0.4) is 0 Å². The Kier molecular flexibility index (Phi) is 3.39. The van der Waals surface area contributed by atoms with E-state index in [1.165, 1.54) is 0 Å². The van der Waals surface area contributed by atoms with Crippen molar-refractivity contribution in [2.24, 2.45) is 0 Å². The molecule has 0 unspecified atom stereocenters. The Labute approximate surface area is 39.8 Å². The molecule has 0 aliphatic carbocycles. The first-order chi connectivity index (χ1) is 1.73. The van der Waals surface area contributed by atoms with Crippen LogP contribution in [0.5, 0.6) is 0 Å². The molecular formula is H3OS2Sb. The van der Waals surface area contributed by atoms with Crippen molar-refractivity contribution in [1.29, 1.82) is 0 Å². The van der Waals surface area contributed by atoms with Crippen molar-refractivity contribution < 1.29 is 3.02 Å². The van der Waals surface area contributed by atoms with E-state index in [9.17, 15) is 3.02 Å². The first-order valence-electron chi connectivity index (χ1n) is 0.651. The van der Waals surface area contributed by atoms with Crippen LogP contribution in [0.2, 0.25) is 0 Å². The Morgan fingerprint density at radius 2 is 1.50 bits per heavy atom. The van der Waals surface area contributed by atoms with E-state index >= 15 is 0 Å². The minimum absolute atomic E-state index is 2.40. The van der Waals surface area contributed by atoms with E-state index in [4.69, 9.17) is 0 Å². The van der Waals surface area contributed by atoms with Gasteiger partial charge in [-0.05, 0) is 0 Å². The normalized spacial score (nSPS) is 8.75. The Morgan fingerprint density at radius 1 is 1.50 bits per heavy atom. The molecular weight excluding hydrogens is 202 g/mol. The molecule has 0 atom stereocenters. The van der Waals surface area contributed by atoms with Crippen molar-refractivity contribution in [1.82, 2.24) is 0 Å². The van der Waals surface area contributed by atoms with E-state index in [1.807, 2.05) is 0 Å². The van der Waals surface area contributed by atoms with Crippen LogP contribution in [-0.2, 0) is 3.02 Å². The molecule has 0 aromatic heterocycles. The number of hydrogen-bond acceptors (Lipinski definition) is 1. The van der Waals surface area contributed by atoms with E-state index in [-0.39, 0.29) is 0 Å². The summed E-state index contributed by atoms with van der Waals surface area (Å²) in [5, 5.41) is 0. The summed E-state index contributed by atoms with van der Waals surface area (Å²) < 4.78 is 9.45. The predicted molar refractivity (Wildman–Crippen MR) is 25.8 cm³/mol. The van der Waals surface area contributed by atoms with E-state index in [1.54, 1.807) is 0 Å². The van der Waals surface area contributed by atoms with Gasteiger partial charge in [-0.25, -0.2) is 0 Å². The van der Waals surface area contributed by atoms with E-state index in [0.29, 0.717) is 0 Å². The zero-order valence-electron chi connectivity index (χ0n) is 1.80. The fourth-order valence-corrected chi connectivity index (χ4v) is 0. The van der Waals surface area contributed by atoms with Gasteiger partial charge < -0.3 is 0 Å². The summed E-state index contributed by atoms with van der Waals surface area (Å²) in [6.45, 7) is 0. The molecule has 0 aliphatic rings. The molecule has 0 spiro atoms. The molecule has 0 radical (unpaired) electrons. The molecule has 0 aromatic carbocycles. The van der Waals surface area contributed by atoms with Gasteiger partial charge in [0.1, 0.15) is 0 Å². The first-order valence-corrected chi connectivity index (χ1v) is 10.4.